The van der Waals surface area contributed by atoms with Crippen LogP contribution in [0.5, 0.6) is 5.75 Å². The molecule has 2 fully saturated rings. The van der Waals surface area contributed by atoms with Gasteiger partial charge in [-0.2, -0.15) is 0 Å². The maximum atomic E-state index is 12.5. The molecule has 1 amide bonds. The van der Waals surface area contributed by atoms with Crippen molar-refractivity contribution in [3.05, 3.63) is 76.8 Å². The number of pyridine rings is 1. The van der Waals surface area contributed by atoms with Crippen LogP contribution in [-0.4, -0.2) is 28.7 Å². The number of thioether (sulfide) groups is 1. The summed E-state index contributed by atoms with van der Waals surface area (Å²) in [7, 11) is 0. The van der Waals surface area contributed by atoms with E-state index in [1.54, 1.807) is 6.20 Å². The van der Waals surface area contributed by atoms with Gasteiger partial charge in [0.15, 0.2) is 5.17 Å². The Labute approximate surface area is 179 Å². The van der Waals surface area contributed by atoms with E-state index in [9.17, 15) is 4.79 Å². The van der Waals surface area contributed by atoms with E-state index in [-0.39, 0.29) is 11.9 Å². The highest BCUT2D eigenvalue weighted by Crippen LogP contribution is 2.44. The molecule has 1 aliphatic carbocycles. The second kappa shape index (κ2) is 7.95. The summed E-state index contributed by atoms with van der Waals surface area (Å²) >= 11 is 1.40. The van der Waals surface area contributed by atoms with Gasteiger partial charge in [0.25, 0.3) is 5.91 Å². The van der Waals surface area contributed by atoms with Gasteiger partial charge in [-0.15, -0.1) is 0 Å². The molecule has 1 aromatic heterocycles. The van der Waals surface area contributed by atoms with Gasteiger partial charge in [-0.05, 0) is 60.5 Å². The zero-order valence-corrected chi connectivity index (χ0v) is 17.4. The third kappa shape index (κ3) is 3.83. The minimum Gasteiger partial charge on any atom is -0.493 e. The average Bonchev–Trinajstić information content (AvgIpc) is 3.45. The fraction of sp³-hybridized carbons (Fsp3) is 0.208. The fourth-order valence-electron chi connectivity index (χ4n) is 3.68. The van der Waals surface area contributed by atoms with Crippen molar-refractivity contribution in [3.8, 4) is 5.75 Å². The number of amidine groups is 1. The number of benzene rings is 2. The largest absolute Gasteiger partial charge is 0.493 e. The highest BCUT2D eigenvalue weighted by Gasteiger charge is 2.39. The molecule has 150 valence electrons. The summed E-state index contributed by atoms with van der Waals surface area (Å²) in [6.07, 6.45) is 4.67. The number of rotatable bonds is 5. The van der Waals surface area contributed by atoms with Gasteiger partial charge in [0, 0.05) is 17.5 Å². The standard InChI is InChI=1S/C24H21N3O2S/c1-2-29-21-10-11-25-19-9-8-15(12-18(19)21)13-22-23(28)27-24(30-22)26-20-14-17(20)16-6-4-3-5-7-16/h3-13,17,20H,2,14H2,1H3,(H,26,27,28)/t17-,20+/m1/s1. The van der Waals surface area contributed by atoms with Gasteiger partial charge in [0.2, 0.25) is 0 Å². The first kappa shape index (κ1) is 18.9. The highest BCUT2D eigenvalue weighted by molar-refractivity contribution is 8.18. The molecule has 0 unspecified atom stereocenters. The molecule has 2 heterocycles. The molecule has 2 aromatic carbocycles. The van der Waals surface area contributed by atoms with Gasteiger partial charge >= 0.3 is 0 Å². The lowest BCUT2D eigenvalue weighted by Crippen LogP contribution is -2.20. The zero-order valence-electron chi connectivity index (χ0n) is 16.5. The Bertz CT molecular complexity index is 1170. The van der Waals surface area contributed by atoms with Crippen LogP contribution in [0.15, 0.2) is 70.7 Å². The van der Waals surface area contributed by atoms with E-state index in [1.165, 1.54) is 17.3 Å². The predicted octanol–water partition coefficient (Wildman–Crippen LogP) is 4.75. The monoisotopic (exact) mass is 415 g/mol. The van der Waals surface area contributed by atoms with E-state index in [0.717, 1.165) is 28.6 Å². The van der Waals surface area contributed by atoms with Gasteiger partial charge in [0.1, 0.15) is 5.75 Å². The van der Waals surface area contributed by atoms with Gasteiger partial charge in [-0.25, -0.2) is 0 Å². The molecule has 0 spiro atoms. The molecule has 2 atom stereocenters. The molecular weight excluding hydrogens is 394 g/mol. The second-order valence-corrected chi connectivity index (χ2v) is 8.37. The Morgan fingerprint density at radius 1 is 1.23 bits per heavy atom. The van der Waals surface area contributed by atoms with Crippen molar-refractivity contribution in [2.75, 3.05) is 6.61 Å². The first-order chi connectivity index (χ1) is 14.7. The molecule has 5 rings (SSSR count). The maximum Gasteiger partial charge on any atom is 0.264 e. The molecule has 0 bridgehead atoms. The number of aromatic nitrogens is 1. The van der Waals surface area contributed by atoms with Crippen molar-refractivity contribution in [1.82, 2.24) is 10.3 Å². The number of nitrogens with one attached hydrogen (secondary N) is 1. The molecule has 5 nitrogen and oxygen atoms in total. The van der Waals surface area contributed by atoms with Crippen LogP contribution in [0.3, 0.4) is 0 Å². The quantitative estimate of drug-likeness (QED) is 0.611. The topological polar surface area (TPSA) is 63.6 Å². The van der Waals surface area contributed by atoms with E-state index in [0.29, 0.717) is 22.6 Å². The molecule has 1 saturated carbocycles. The van der Waals surface area contributed by atoms with Crippen molar-refractivity contribution in [1.29, 1.82) is 0 Å². The van der Waals surface area contributed by atoms with Gasteiger partial charge in [0.05, 0.1) is 23.1 Å². The van der Waals surface area contributed by atoms with Crippen LogP contribution in [-0.2, 0) is 4.79 Å². The van der Waals surface area contributed by atoms with Crippen molar-refractivity contribution < 1.29 is 9.53 Å². The number of carbonyl (C=O) groups is 1. The number of nitrogens with zero attached hydrogens (tertiary/aromatic N) is 2. The van der Waals surface area contributed by atoms with Crippen LogP contribution < -0.4 is 10.1 Å². The van der Waals surface area contributed by atoms with Crippen molar-refractivity contribution >= 4 is 39.8 Å². The van der Waals surface area contributed by atoms with E-state index < -0.39 is 0 Å². The van der Waals surface area contributed by atoms with Crippen molar-refractivity contribution in [2.45, 2.75) is 25.3 Å². The van der Waals surface area contributed by atoms with E-state index in [1.807, 2.05) is 43.3 Å². The molecule has 2 aliphatic rings. The molecule has 30 heavy (non-hydrogen) atoms. The Kier molecular flexibility index (Phi) is 5.01. The van der Waals surface area contributed by atoms with E-state index in [4.69, 9.17) is 9.73 Å². The molecule has 1 saturated heterocycles. The number of ether oxygens (including phenoxy) is 1. The number of aliphatic imine (C=N–C) groups is 1. The zero-order chi connectivity index (χ0) is 20.5. The minimum absolute atomic E-state index is 0.105. The van der Waals surface area contributed by atoms with Crippen LogP contribution in [0.1, 0.15) is 30.4 Å². The number of fused-ring (bicyclic) bond motifs is 1. The second-order valence-electron chi connectivity index (χ2n) is 7.34. The first-order valence-corrected chi connectivity index (χ1v) is 10.9. The summed E-state index contributed by atoms with van der Waals surface area (Å²) in [5, 5.41) is 4.53. The van der Waals surface area contributed by atoms with E-state index in [2.05, 4.69) is 34.6 Å². The average molecular weight is 416 g/mol. The fourth-order valence-corrected chi connectivity index (χ4v) is 4.56. The van der Waals surface area contributed by atoms with Crippen LogP contribution >= 0.6 is 11.8 Å². The molecule has 0 radical (unpaired) electrons. The molecule has 1 aliphatic heterocycles. The van der Waals surface area contributed by atoms with Crippen LogP contribution in [0, 0.1) is 0 Å². The Morgan fingerprint density at radius 3 is 2.93 bits per heavy atom. The van der Waals surface area contributed by atoms with Crippen LogP contribution in [0.25, 0.3) is 17.0 Å². The number of carbonyl (C=O) groups excluding carboxylic acids is 1. The van der Waals surface area contributed by atoms with Gasteiger partial charge < -0.3 is 10.1 Å². The molecule has 1 N–H and O–H groups in total. The molecule has 3 aromatic rings. The van der Waals surface area contributed by atoms with E-state index >= 15 is 0 Å². The number of hydrogen-bond acceptors (Lipinski definition) is 5. The summed E-state index contributed by atoms with van der Waals surface area (Å²) in [5.74, 6) is 1.15. The third-order valence-electron chi connectivity index (χ3n) is 5.24. The lowest BCUT2D eigenvalue weighted by atomic mass is 10.1. The molecular formula is C24H21N3O2S. The smallest absolute Gasteiger partial charge is 0.264 e. The third-order valence-corrected chi connectivity index (χ3v) is 6.17. The summed E-state index contributed by atoms with van der Waals surface area (Å²) in [6, 6.07) is 18.5. The Balaban J connectivity index is 1.35. The lowest BCUT2D eigenvalue weighted by Gasteiger charge is -2.07. The SMILES string of the molecule is CCOc1ccnc2ccc(C=C3SC(=N[C@H]4C[C@@H]4c4ccccc4)NC3=O)cc12. The van der Waals surface area contributed by atoms with Gasteiger partial charge in [-0.3, -0.25) is 14.8 Å². The van der Waals surface area contributed by atoms with Crippen molar-refractivity contribution in [3.63, 3.8) is 0 Å². The minimum atomic E-state index is -0.105. The number of hydrogen-bond donors (Lipinski definition) is 1. The summed E-state index contributed by atoms with van der Waals surface area (Å²) in [4.78, 5) is 22.2. The first-order valence-electron chi connectivity index (χ1n) is 10.1. The maximum absolute atomic E-state index is 12.5. The van der Waals surface area contributed by atoms with Crippen LogP contribution in [0.4, 0.5) is 0 Å². The summed E-state index contributed by atoms with van der Waals surface area (Å²) in [5.41, 5.74) is 3.12. The Hall–Kier alpha value is -3.12. The Morgan fingerprint density at radius 2 is 2.10 bits per heavy atom. The predicted molar refractivity (Wildman–Crippen MR) is 122 cm³/mol. The normalized spacial score (nSPS) is 23.2. The highest BCUT2D eigenvalue weighted by atomic mass is 32.2. The summed E-state index contributed by atoms with van der Waals surface area (Å²) < 4.78 is 5.72. The molecule has 6 heteroatoms. The van der Waals surface area contributed by atoms with Crippen LogP contribution in [0.2, 0.25) is 0 Å². The van der Waals surface area contributed by atoms with Gasteiger partial charge in [-0.1, -0.05) is 36.4 Å². The number of amides is 1. The lowest BCUT2D eigenvalue weighted by molar-refractivity contribution is -0.115. The van der Waals surface area contributed by atoms with Crippen molar-refractivity contribution in [2.24, 2.45) is 4.99 Å². The summed E-state index contributed by atoms with van der Waals surface area (Å²) in [6.45, 7) is 2.55.